The van der Waals surface area contributed by atoms with E-state index in [1.165, 1.54) is 22.3 Å². The smallest absolute Gasteiger partial charge is 0.218 e. The van der Waals surface area contributed by atoms with Crippen LogP contribution in [0.25, 0.3) is 5.57 Å². The zero-order valence-corrected chi connectivity index (χ0v) is 11.1. The van der Waals surface area contributed by atoms with Gasteiger partial charge < -0.3 is 17.2 Å². The third-order valence-electron chi connectivity index (χ3n) is 3.21. The molecule has 1 aliphatic carbocycles. The van der Waals surface area contributed by atoms with Crippen molar-refractivity contribution in [2.45, 2.75) is 19.8 Å². The lowest BCUT2D eigenvalue weighted by atomic mass is 10.00. The van der Waals surface area contributed by atoms with Gasteiger partial charge in [-0.25, -0.2) is 0 Å². The molecule has 0 saturated heterocycles. The molecular formula is C14H19N5. The van der Waals surface area contributed by atoms with E-state index in [1.807, 2.05) is 0 Å². The molecule has 0 fully saturated rings. The van der Waals surface area contributed by atoms with E-state index in [1.54, 1.807) is 0 Å². The van der Waals surface area contributed by atoms with Crippen LogP contribution in [-0.2, 0) is 6.42 Å². The van der Waals surface area contributed by atoms with E-state index in [4.69, 9.17) is 17.2 Å². The SMILES string of the molecule is Cc1cccc2c1CC=C2CCN=C(N)N=C(N)N. The van der Waals surface area contributed by atoms with Crippen LogP contribution in [0.3, 0.4) is 0 Å². The molecule has 0 atom stereocenters. The van der Waals surface area contributed by atoms with Gasteiger partial charge in [0.05, 0.1) is 0 Å². The number of fused-ring (bicyclic) bond motifs is 1. The molecule has 19 heavy (non-hydrogen) atoms. The minimum absolute atomic E-state index is 0.0673. The molecule has 0 unspecified atom stereocenters. The van der Waals surface area contributed by atoms with E-state index in [0.29, 0.717) is 6.54 Å². The van der Waals surface area contributed by atoms with E-state index in [-0.39, 0.29) is 11.9 Å². The van der Waals surface area contributed by atoms with E-state index in [9.17, 15) is 0 Å². The van der Waals surface area contributed by atoms with Gasteiger partial charge in [0.1, 0.15) is 0 Å². The van der Waals surface area contributed by atoms with Gasteiger partial charge in [-0.1, -0.05) is 24.3 Å². The number of hydrogen-bond donors (Lipinski definition) is 3. The topological polar surface area (TPSA) is 103 Å². The Bertz CT molecular complexity index is 565. The Morgan fingerprint density at radius 1 is 1.26 bits per heavy atom. The Hall–Kier alpha value is -2.30. The molecule has 0 saturated carbocycles. The third-order valence-corrected chi connectivity index (χ3v) is 3.21. The molecule has 5 nitrogen and oxygen atoms in total. The van der Waals surface area contributed by atoms with E-state index in [2.05, 4.69) is 41.2 Å². The third kappa shape index (κ3) is 3.13. The highest BCUT2D eigenvalue weighted by molar-refractivity contribution is 5.92. The molecule has 2 rings (SSSR count). The quantitative estimate of drug-likeness (QED) is 0.554. The minimum atomic E-state index is -0.0673. The lowest BCUT2D eigenvalue weighted by Gasteiger charge is -2.06. The molecule has 5 heteroatoms. The highest BCUT2D eigenvalue weighted by Crippen LogP contribution is 2.31. The van der Waals surface area contributed by atoms with Crippen LogP contribution in [0.1, 0.15) is 23.1 Å². The zero-order valence-electron chi connectivity index (χ0n) is 11.1. The molecule has 6 N–H and O–H groups in total. The standard InChI is InChI=1S/C14H19N5/c1-9-3-2-4-12-10(5-6-11(9)12)7-8-18-14(17)19-13(15)16/h2-5H,6-8H2,1H3,(H6,15,16,17,18,19). The summed E-state index contributed by atoms with van der Waals surface area (Å²) in [6.07, 6.45) is 4.10. The average molecular weight is 257 g/mol. The monoisotopic (exact) mass is 257 g/mol. The first-order valence-corrected chi connectivity index (χ1v) is 6.25. The summed E-state index contributed by atoms with van der Waals surface area (Å²) in [6.45, 7) is 2.73. The molecule has 0 bridgehead atoms. The van der Waals surface area contributed by atoms with Crippen molar-refractivity contribution < 1.29 is 0 Å². The summed E-state index contributed by atoms with van der Waals surface area (Å²) < 4.78 is 0. The lowest BCUT2D eigenvalue weighted by Crippen LogP contribution is -2.26. The molecule has 1 aromatic rings. The molecule has 0 heterocycles. The average Bonchev–Trinajstić information content (AvgIpc) is 2.73. The van der Waals surface area contributed by atoms with Crippen molar-refractivity contribution in [1.82, 2.24) is 0 Å². The van der Waals surface area contributed by atoms with Gasteiger partial charge >= 0.3 is 0 Å². The van der Waals surface area contributed by atoms with Gasteiger partial charge in [-0.15, -0.1) is 0 Å². The minimum Gasteiger partial charge on any atom is -0.370 e. The summed E-state index contributed by atoms with van der Waals surface area (Å²) in [6, 6.07) is 6.39. The molecular weight excluding hydrogens is 238 g/mol. The number of aryl methyl sites for hydroxylation is 1. The van der Waals surface area contributed by atoms with E-state index < -0.39 is 0 Å². The highest BCUT2D eigenvalue weighted by Gasteiger charge is 2.14. The first-order valence-electron chi connectivity index (χ1n) is 6.25. The first-order chi connectivity index (χ1) is 9.08. The van der Waals surface area contributed by atoms with Gasteiger partial charge in [-0.05, 0) is 42.0 Å². The van der Waals surface area contributed by atoms with Crippen LogP contribution in [-0.4, -0.2) is 18.5 Å². The first kappa shape index (κ1) is 13.1. The predicted octanol–water partition coefficient (Wildman–Crippen LogP) is 0.913. The molecule has 0 aromatic heterocycles. The number of hydrogen-bond acceptors (Lipinski definition) is 1. The van der Waals surface area contributed by atoms with Crippen LogP contribution in [0.5, 0.6) is 0 Å². The van der Waals surface area contributed by atoms with Gasteiger partial charge in [-0.2, -0.15) is 4.99 Å². The Balaban J connectivity index is 2.01. The summed E-state index contributed by atoms with van der Waals surface area (Å²) in [7, 11) is 0. The van der Waals surface area contributed by atoms with Crippen LogP contribution in [0, 0.1) is 6.92 Å². The van der Waals surface area contributed by atoms with Crippen LogP contribution in [0.15, 0.2) is 34.3 Å². The van der Waals surface area contributed by atoms with Crippen molar-refractivity contribution in [3.05, 3.63) is 41.0 Å². The highest BCUT2D eigenvalue weighted by atomic mass is 15.1. The second-order valence-electron chi connectivity index (χ2n) is 4.56. The number of allylic oxidation sites excluding steroid dienone is 1. The van der Waals surface area contributed by atoms with E-state index in [0.717, 1.165) is 12.8 Å². The van der Waals surface area contributed by atoms with Crippen molar-refractivity contribution in [1.29, 1.82) is 0 Å². The molecule has 0 amide bonds. The Labute approximate surface area is 112 Å². The summed E-state index contributed by atoms with van der Waals surface area (Å²) in [5.41, 5.74) is 21.4. The van der Waals surface area contributed by atoms with Crippen LogP contribution < -0.4 is 17.2 Å². The molecule has 1 aliphatic rings. The molecule has 100 valence electrons. The van der Waals surface area contributed by atoms with Crippen LogP contribution in [0.4, 0.5) is 0 Å². The summed E-state index contributed by atoms with van der Waals surface area (Å²) in [4.78, 5) is 7.81. The zero-order chi connectivity index (χ0) is 13.8. The maximum Gasteiger partial charge on any atom is 0.218 e. The lowest BCUT2D eigenvalue weighted by molar-refractivity contribution is 1.01. The number of nitrogens with zero attached hydrogens (tertiary/aromatic N) is 2. The summed E-state index contributed by atoms with van der Waals surface area (Å²) in [5, 5.41) is 0. The largest absolute Gasteiger partial charge is 0.370 e. The Morgan fingerprint density at radius 3 is 2.79 bits per heavy atom. The maximum atomic E-state index is 5.56. The van der Waals surface area contributed by atoms with Crippen molar-refractivity contribution >= 4 is 17.5 Å². The molecule has 1 aromatic carbocycles. The van der Waals surface area contributed by atoms with Gasteiger partial charge in [-0.3, -0.25) is 4.99 Å². The normalized spacial score (nSPS) is 13.9. The number of guanidine groups is 2. The second-order valence-corrected chi connectivity index (χ2v) is 4.56. The Kier molecular flexibility index (Phi) is 3.85. The fraction of sp³-hybridized carbons (Fsp3) is 0.286. The molecule has 0 aliphatic heterocycles. The second kappa shape index (κ2) is 5.56. The number of nitrogens with two attached hydrogens (primary N) is 3. The van der Waals surface area contributed by atoms with Crippen molar-refractivity contribution in [3.8, 4) is 0 Å². The van der Waals surface area contributed by atoms with Gasteiger partial charge in [0.2, 0.25) is 5.96 Å². The molecule has 0 spiro atoms. The number of rotatable bonds is 3. The fourth-order valence-electron chi connectivity index (χ4n) is 2.30. The van der Waals surface area contributed by atoms with E-state index >= 15 is 0 Å². The van der Waals surface area contributed by atoms with Gasteiger partial charge in [0.25, 0.3) is 0 Å². The Morgan fingerprint density at radius 2 is 2.05 bits per heavy atom. The van der Waals surface area contributed by atoms with Crippen LogP contribution in [0.2, 0.25) is 0 Å². The fourth-order valence-corrected chi connectivity index (χ4v) is 2.30. The molecule has 0 radical (unpaired) electrons. The number of aliphatic imine (C=N–C) groups is 2. The summed E-state index contributed by atoms with van der Waals surface area (Å²) in [5.74, 6) is 0.0605. The van der Waals surface area contributed by atoms with Gasteiger partial charge in [0, 0.05) is 6.54 Å². The number of benzene rings is 1. The van der Waals surface area contributed by atoms with Gasteiger partial charge in [0.15, 0.2) is 5.96 Å². The maximum absolute atomic E-state index is 5.56. The van der Waals surface area contributed by atoms with Crippen molar-refractivity contribution in [2.24, 2.45) is 27.2 Å². The summed E-state index contributed by atoms with van der Waals surface area (Å²) >= 11 is 0. The predicted molar refractivity (Wildman–Crippen MR) is 79.8 cm³/mol. The van der Waals surface area contributed by atoms with Crippen molar-refractivity contribution in [3.63, 3.8) is 0 Å². The van der Waals surface area contributed by atoms with Crippen LogP contribution >= 0.6 is 0 Å². The van der Waals surface area contributed by atoms with Crippen molar-refractivity contribution in [2.75, 3.05) is 6.54 Å².